The normalized spacial score (nSPS) is 25.2. The highest BCUT2D eigenvalue weighted by Gasteiger charge is 2.39. The molecule has 4 rings (SSSR count). The topological polar surface area (TPSA) is 21.3 Å². The van der Waals surface area contributed by atoms with Gasteiger partial charge in [0, 0.05) is 18.5 Å². The molecule has 2 aromatic carbocycles. The van der Waals surface area contributed by atoms with Gasteiger partial charge in [-0.15, -0.1) is 12.4 Å². The molecule has 1 heterocycles. The van der Waals surface area contributed by atoms with Crippen molar-refractivity contribution in [1.82, 2.24) is 5.32 Å². The Morgan fingerprint density at radius 3 is 2.74 bits per heavy atom. The average Bonchev–Trinajstić information content (AvgIpc) is 2.98. The Hall–Kier alpha value is -1.51. The molecule has 0 bridgehead atoms. The molecule has 2 aromatic rings. The number of methoxy groups -OCH3 is 1. The minimum absolute atomic E-state index is 0. The van der Waals surface area contributed by atoms with Gasteiger partial charge >= 0.3 is 0 Å². The summed E-state index contributed by atoms with van der Waals surface area (Å²) >= 11 is 0. The summed E-state index contributed by atoms with van der Waals surface area (Å²) in [6.45, 7) is 1.11. The van der Waals surface area contributed by atoms with Crippen molar-refractivity contribution in [2.75, 3.05) is 13.7 Å². The zero-order valence-corrected chi connectivity index (χ0v) is 14.3. The average molecular weight is 330 g/mol. The first-order valence-electron chi connectivity index (χ1n) is 8.29. The van der Waals surface area contributed by atoms with Gasteiger partial charge in [0.25, 0.3) is 0 Å². The molecule has 23 heavy (non-hydrogen) atoms. The second-order valence-corrected chi connectivity index (χ2v) is 6.58. The van der Waals surface area contributed by atoms with Gasteiger partial charge in [-0.1, -0.05) is 36.4 Å². The summed E-state index contributed by atoms with van der Waals surface area (Å²) < 4.78 is 5.38. The fraction of sp³-hybridized carbons (Fsp3) is 0.400. The lowest BCUT2D eigenvalue weighted by atomic mass is 9.73. The molecule has 1 aliphatic carbocycles. The molecule has 3 atom stereocenters. The molecule has 2 nitrogen and oxygen atoms in total. The van der Waals surface area contributed by atoms with Crippen molar-refractivity contribution < 1.29 is 4.74 Å². The molecule has 0 spiro atoms. The predicted molar refractivity (Wildman–Crippen MR) is 96.7 cm³/mol. The number of hydrogen-bond acceptors (Lipinski definition) is 2. The van der Waals surface area contributed by atoms with Gasteiger partial charge in [0.15, 0.2) is 0 Å². The summed E-state index contributed by atoms with van der Waals surface area (Å²) in [6, 6.07) is 18.1. The van der Waals surface area contributed by atoms with Crippen LogP contribution < -0.4 is 10.1 Å². The minimum atomic E-state index is 0. The summed E-state index contributed by atoms with van der Waals surface area (Å²) in [5.74, 6) is 2.42. The first-order chi connectivity index (χ1) is 10.8. The highest BCUT2D eigenvalue weighted by molar-refractivity contribution is 5.85. The molecule has 2 aliphatic rings. The van der Waals surface area contributed by atoms with Crippen LogP contribution in [-0.2, 0) is 12.8 Å². The van der Waals surface area contributed by atoms with Crippen LogP contribution in [-0.4, -0.2) is 19.7 Å². The van der Waals surface area contributed by atoms with E-state index < -0.39 is 0 Å². The van der Waals surface area contributed by atoms with Gasteiger partial charge in [-0.3, -0.25) is 0 Å². The molecule has 122 valence electrons. The summed E-state index contributed by atoms with van der Waals surface area (Å²) in [7, 11) is 1.75. The number of ether oxygens (including phenoxy) is 1. The lowest BCUT2D eigenvalue weighted by molar-refractivity contribution is 0.370. The zero-order valence-electron chi connectivity index (χ0n) is 13.5. The summed E-state index contributed by atoms with van der Waals surface area (Å²) in [5, 5.41) is 3.79. The molecule has 1 saturated heterocycles. The van der Waals surface area contributed by atoms with Crippen molar-refractivity contribution in [3.8, 4) is 5.75 Å². The number of fused-ring (bicyclic) bond motifs is 3. The van der Waals surface area contributed by atoms with Gasteiger partial charge in [0.05, 0.1) is 7.11 Å². The Morgan fingerprint density at radius 2 is 1.96 bits per heavy atom. The van der Waals surface area contributed by atoms with Crippen molar-refractivity contribution in [3.63, 3.8) is 0 Å². The maximum absolute atomic E-state index is 5.38. The zero-order chi connectivity index (χ0) is 14.9. The molecule has 0 amide bonds. The van der Waals surface area contributed by atoms with Crippen LogP contribution in [0.5, 0.6) is 5.75 Å². The lowest BCUT2D eigenvalue weighted by Crippen LogP contribution is -2.31. The molecule has 3 heteroatoms. The van der Waals surface area contributed by atoms with Crippen LogP contribution in [0.3, 0.4) is 0 Å². The molecular formula is C20H24ClNO. The van der Waals surface area contributed by atoms with Gasteiger partial charge in [0.1, 0.15) is 5.75 Å². The van der Waals surface area contributed by atoms with Gasteiger partial charge in [-0.2, -0.15) is 0 Å². The Morgan fingerprint density at radius 1 is 1.13 bits per heavy atom. The van der Waals surface area contributed by atoms with E-state index in [1.165, 1.54) is 24.0 Å². The van der Waals surface area contributed by atoms with Crippen LogP contribution in [0.2, 0.25) is 0 Å². The number of rotatable bonds is 3. The summed E-state index contributed by atoms with van der Waals surface area (Å²) in [4.78, 5) is 0. The van der Waals surface area contributed by atoms with E-state index in [0.717, 1.165) is 24.6 Å². The van der Waals surface area contributed by atoms with Crippen LogP contribution in [0, 0.1) is 5.92 Å². The third-order valence-corrected chi connectivity index (χ3v) is 5.43. The minimum Gasteiger partial charge on any atom is -0.497 e. The molecule has 3 unspecified atom stereocenters. The van der Waals surface area contributed by atoms with Crippen LogP contribution >= 0.6 is 12.4 Å². The van der Waals surface area contributed by atoms with E-state index in [1.54, 1.807) is 12.7 Å². The third-order valence-electron chi connectivity index (χ3n) is 5.43. The number of hydrogen-bond donors (Lipinski definition) is 1. The molecule has 1 N–H and O–H groups in total. The van der Waals surface area contributed by atoms with Crippen molar-refractivity contribution >= 4 is 12.4 Å². The SMILES string of the molecule is COc1ccc2c(c1)CCC1C(Cc3ccccc3)NCC21.Cl. The fourth-order valence-corrected chi connectivity index (χ4v) is 4.31. The van der Waals surface area contributed by atoms with E-state index in [0.29, 0.717) is 12.0 Å². The predicted octanol–water partition coefficient (Wildman–Crippen LogP) is 3.98. The smallest absolute Gasteiger partial charge is 0.119 e. The van der Waals surface area contributed by atoms with E-state index in [2.05, 4.69) is 53.8 Å². The van der Waals surface area contributed by atoms with Crippen molar-refractivity contribution in [1.29, 1.82) is 0 Å². The molecule has 1 fully saturated rings. The number of aryl methyl sites for hydroxylation is 1. The standard InChI is InChI=1S/C20H23NO.ClH/c1-22-16-8-10-17-15(12-16)7-9-18-19(17)13-21-20(18)11-14-5-3-2-4-6-14;/h2-6,8,10,12,18-21H,7,9,11,13H2,1H3;1H. The van der Waals surface area contributed by atoms with Crippen molar-refractivity contribution in [2.45, 2.75) is 31.2 Å². The maximum atomic E-state index is 5.38. The summed E-state index contributed by atoms with van der Waals surface area (Å²) in [6.07, 6.45) is 3.61. The monoisotopic (exact) mass is 329 g/mol. The molecule has 0 aromatic heterocycles. The van der Waals surface area contributed by atoms with E-state index in [9.17, 15) is 0 Å². The first kappa shape index (κ1) is 16.4. The third kappa shape index (κ3) is 3.11. The van der Waals surface area contributed by atoms with Crippen LogP contribution in [0.4, 0.5) is 0 Å². The lowest BCUT2D eigenvalue weighted by Gasteiger charge is -2.31. The van der Waals surface area contributed by atoms with Crippen LogP contribution in [0.1, 0.15) is 29.0 Å². The Bertz CT molecular complexity index is 658. The first-order valence-corrected chi connectivity index (χ1v) is 8.29. The van der Waals surface area contributed by atoms with Gasteiger partial charge in [-0.25, -0.2) is 0 Å². The highest BCUT2D eigenvalue weighted by Crippen LogP contribution is 2.42. The second-order valence-electron chi connectivity index (χ2n) is 6.58. The Kier molecular flexibility index (Phi) is 4.93. The van der Waals surface area contributed by atoms with Gasteiger partial charge < -0.3 is 10.1 Å². The van der Waals surface area contributed by atoms with Crippen LogP contribution in [0.25, 0.3) is 0 Å². The van der Waals surface area contributed by atoms with E-state index in [4.69, 9.17) is 4.74 Å². The van der Waals surface area contributed by atoms with E-state index >= 15 is 0 Å². The van der Waals surface area contributed by atoms with Gasteiger partial charge in [-0.05, 0) is 54.0 Å². The number of halogens is 1. The Labute approximate surface area is 144 Å². The molecule has 1 aliphatic heterocycles. The van der Waals surface area contributed by atoms with Crippen molar-refractivity contribution in [2.24, 2.45) is 5.92 Å². The van der Waals surface area contributed by atoms with Crippen molar-refractivity contribution in [3.05, 3.63) is 65.2 Å². The highest BCUT2D eigenvalue weighted by atomic mass is 35.5. The number of nitrogens with one attached hydrogen (secondary N) is 1. The van der Waals surface area contributed by atoms with E-state index in [1.807, 2.05) is 0 Å². The maximum Gasteiger partial charge on any atom is 0.119 e. The van der Waals surface area contributed by atoms with Crippen LogP contribution in [0.15, 0.2) is 48.5 Å². The van der Waals surface area contributed by atoms with E-state index in [-0.39, 0.29) is 12.4 Å². The molecular weight excluding hydrogens is 306 g/mol. The molecule has 0 saturated carbocycles. The van der Waals surface area contributed by atoms with Gasteiger partial charge in [0.2, 0.25) is 0 Å². The number of benzene rings is 2. The Balaban J connectivity index is 0.00000156. The largest absolute Gasteiger partial charge is 0.497 e. The molecule has 0 radical (unpaired) electrons. The summed E-state index contributed by atoms with van der Waals surface area (Å²) in [5.41, 5.74) is 4.48. The second kappa shape index (κ2) is 6.94. The quantitative estimate of drug-likeness (QED) is 0.919. The fourth-order valence-electron chi connectivity index (χ4n) is 4.31.